The number of benzene rings is 1. The first-order valence-electron chi connectivity index (χ1n) is 4.43. The van der Waals surface area contributed by atoms with Crippen molar-refractivity contribution >= 4 is 21.4 Å². The first kappa shape index (κ1) is 12.2. The molecule has 0 spiro atoms. The minimum absolute atomic E-state index is 0.236. The minimum atomic E-state index is -3.34. The Labute approximate surface area is 94.5 Å². The lowest BCUT2D eigenvalue weighted by Gasteiger charge is -1.98. The molecule has 0 heterocycles. The maximum Gasteiger partial charge on any atom is 0.199 e. The fourth-order valence-corrected chi connectivity index (χ4v) is 2.18. The summed E-state index contributed by atoms with van der Waals surface area (Å²) in [5, 5.41) is 1.68. The van der Waals surface area contributed by atoms with Gasteiger partial charge in [-0.25, -0.2) is 8.42 Å². The van der Waals surface area contributed by atoms with Crippen LogP contribution in [-0.4, -0.2) is 15.0 Å². The van der Waals surface area contributed by atoms with E-state index in [2.05, 4.69) is 0 Å². The molecule has 2 N–H and O–H groups in total. The summed E-state index contributed by atoms with van der Waals surface area (Å²) in [4.78, 5) is 0.236. The summed E-state index contributed by atoms with van der Waals surface area (Å²) in [6.45, 7) is 0.437. The molecule has 0 aliphatic rings. The zero-order valence-electron chi connectivity index (χ0n) is 8.06. The number of hydrogen-bond acceptors (Lipinski definition) is 3. The van der Waals surface area contributed by atoms with Crippen LogP contribution in [0, 0.1) is 0 Å². The van der Waals surface area contributed by atoms with Crippen LogP contribution >= 0.6 is 11.6 Å². The Morgan fingerprint density at radius 1 is 1.27 bits per heavy atom. The van der Waals surface area contributed by atoms with Crippen molar-refractivity contribution in [2.24, 2.45) is 5.73 Å². The van der Waals surface area contributed by atoms with Crippen LogP contribution in [0.3, 0.4) is 0 Å². The molecule has 0 aliphatic heterocycles. The SMILES string of the molecule is NCC/C=C/S(=O)(=O)c1ccc(Cl)cc1. The quantitative estimate of drug-likeness (QED) is 0.882. The molecular weight excluding hydrogens is 234 g/mol. The summed E-state index contributed by atoms with van der Waals surface area (Å²) >= 11 is 5.66. The second kappa shape index (κ2) is 5.30. The molecule has 1 aromatic carbocycles. The predicted molar refractivity (Wildman–Crippen MR) is 61.4 cm³/mol. The topological polar surface area (TPSA) is 60.2 Å². The van der Waals surface area contributed by atoms with Gasteiger partial charge in [-0.3, -0.25) is 0 Å². The molecule has 0 atom stereocenters. The average molecular weight is 246 g/mol. The van der Waals surface area contributed by atoms with Gasteiger partial charge in [0.05, 0.1) is 4.90 Å². The van der Waals surface area contributed by atoms with Crippen LogP contribution in [-0.2, 0) is 9.84 Å². The van der Waals surface area contributed by atoms with Gasteiger partial charge < -0.3 is 5.73 Å². The summed E-state index contributed by atoms with van der Waals surface area (Å²) in [5.74, 6) is 0. The number of sulfone groups is 1. The van der Waals surface area contributed by atoms with Crippen molar-refractivity contribution in [2.75, 3.05) is 6.54 Å². The lowest BCUT2D eigenvalue weighted by atomic mass is 10.4. The Morgan fingerprint density at radius 2 is 1.87 bits per heavy atom. The minimum Gasteiger partial charge on any atom is -0.330 e. The average Bonchev–Trinajstić information content (AvgIpc) is 2.18. The highest BCUT2D eigenvalue weighted by atomic mass is 35.5. The second-order valence-electron chi connectivity index (χ2n) is 2.95. The van der Waals surface area contributed by atoms with Gasteiger partial charge in [0, 0.05) is 10.4 Å². The molecule has 3 nitrogen and oxygen atoms in total. The number of rotatable bonds is 4. The molecule has 82 valence electrons. The van der Waals surface area contributed by atoms with E-state index >= 15 is 0 Å². The third-order valence-electron chi connectivity index (χ3n) is 1.75. The maximum absolute atomic E-state index is 11.6. The Bertz CT molecular complexity index is 437. The van der Waals surface area contributed by atoms with Crippen molar-refractivity contribution in [2.45, 2.75) is 11.3 Å². The fourth-order valence-electron chi connectivity index (χ4n) is 0.994. The van der Waals surface area contributed by atoms with E-state index in [1.165, 1.54) is 17.5 Å². The molecular formula is C10H12ClNO2S. The third kappa shape index (κ3) is 3.66. The predicted octanol–water partition coefficient (Wildman–Crippen LogP) is 1.98. The molecule has 0 saturated heterocycles. The van der Waals surface area contributed by atoms with Gasteiger partial charge in [0.1, 0.15) is 0 Å². The number of nitrogens with two attached hydrogens (primary N) is 1. The molecule has 1 aromatic rings. The van der Waals surface area contributed by atoms with Crippen molar-refractivity contribution < 1.29 is 8.42 Å². The second-order valence-corrected chi connectivity index (χ2v) is 5.22. The summed E-state index contributed by atoms with van der Waals surface area (Å²) in [6.07, 6.45) is 2.09. The van der Waals surface area contributed by atoms with Crippen LogP contribution in [0.4, 0.5) is 0 Å². The molecule has 0 radical (unpaired) electrons. The Morgan fingerprint density at radius 3 is 2.40 bits per heavy atom. The van der Waals surface area contributed by atoms with Crippen molar-refractivity contribution in [3.05, 3.63) is 40.8 Å². The molecule has 0 bridgehead atoms. The molecule has 0 fully saturated rings. The van der Waals surface area contributed by atoms with Crippen molar-refractivity contribution in [1.82, 2.24) is 0 Å². The maximum atomic E-state index is 11.6. The molecule has 15 heavy (non-hydrogen) atoms. The van der Waals surface area contributed by atoms with Crippen molar-refractivity contribution in [1.29, 1.82) is 0 Å². The molecule has 0 aromatic heterocycles. The van der Waals surface area contributed by atoms with Gasteiger partial charge in [-0.2, -0.15) is 0 Å². The lowest BCUT2D eigenvalue weighted by molar-refractivity contribution is 0.604. The summed E-state index contributed by atoms with van der Waals surface area (Å²) in [6, 6.07) is 6.05. The first-order chi connectivity index (χ1) is 7.06. The van der Waals surface area contributed by atoms with Gasteiger partial charge >= 0.3 is 0 Å². The fraction of sp³-hybridized carbons (Fsp3) is 0.200. The molecule has 0 amide bonds. The highest BCUT2D eigenvalue weighted by molar-refractivity contribution is 7.94. The van der Waals surface area contributed by atoms with E-state index in [0.717, 1.165) is 0 Å². The van der Waals surface area contributed by atoms with Gasteiger partial charge in [-0.15, -0.1) is 0 Å². The van der Waals surface area contributed by atoms with Crippen LogP contribution in [0.15, 0.2) is 40.6 Å². The van der Waals surface area contributed by atoms with E-state index in [1.807, 2.05) is 0 Å². The van der Waals surface area contributed by atoms with Gasteiger partial charge in [-0.1, -0.05) is 17.7 Å². The van der Waals surface area contributed by atoms with Crippen LogP contribution in [0.1, 0.15) is 6.42 Å². The molecule has 0 aliphatic carbocycles. The van der Waals surface area contributed by atoms with Gasteiger partial charge in [0.25, 0.3) is 0 Å². The summed E-state index contributed by atoms with van der Waals surface area (Å²) < 4.78 is 23.3. The van der Waals surface area contributed by atoms with Crippen LogP contribution in [0.5, 0.6) is 0 Å². The summed E-state index contributed by atoms with van der Waals surface area (Å²) in [5.41, 5.74) is 5.25. The van der Waals surface area contributed by atoms with E-state index in [1.54, 1.807) is 18.2 Å². The lowest BCUT2D eigenvalue weighted by Crippen LogP contribution is -1.98. The van der Waals surface area contributed by atoms with E-state index in [-0.39, 0.29) is 4.90 Å². The summed E-state index contributed by atoms with van der Waals surface area (Å²) in [7, 11) is -3.34. The number of hydrogen-bond donors (Lipinski definition) is 1. The Hall–Kier alpha value is -0.840. The van der Waals surface area contributed by atoms with Crippen LogP contribution < -0.4 is 5.73 Å². The molecule has 0 saturated carbocycles. The normalized spacial score (nSPS) is 12.1. The zero-order valence-corrected chi connectivity index (χ0v) is 9.63. The molecule has 1 rings (SSSR count). The number of halogens is 1. The monoisotopic (exact) mass is 245 g/mol. The third-order valence-corrected chi connectivity index (χ3v) is 3.48. The first-order valence-corrected chi connectivity index (χ1v) is 6.36. The van der Waals surface area contributed by atoms with Crippen LogP contribution in [0.25, 0.3) is 0 Å². The zero-order chi connectivity index (χ0) is 11.3. The standard InChI is InChI=1S/C10H12ClNO2S/c11-9-3-5-10(6-4-9)15(13,14)8-2-1-7-12/h2-6,8H,1,7,12H2/b8-2+. The Balaban J connectivity index is 2.91. The van der Waals surface area contributed by atoms with Crippen LogP contribution in [0.2, 0.25) is 5.02 Å². The van der Waals surface area contributed by atoms with Crippen molar-refractivity contribution in [3.8, 4) is 0 Å². The Kier molecular flexibility index (Phi) is 4.32. The molecule has 0 unspecified atom stereocenters. The van der Waals surface area contributed by atoms with E-state index < -0.39 is 9.84 Å². The van der Waals surface area contributed by atoms with Crippen molar-refractivity contribution in [3.63, 3.8) is 0 Å². The highest BCUT2D eigenvalue weighted by Gasteiger charge is 2.08. The molecule has 5 heteroatoms. The smallest absolute Gasteiger partial charge is 0.199 e. The van der Waals surface area contributed by atoms with Gasteiger partial charge in [0.2, 0.25) is 0 Å². The van der Waals surface area contributed by atoms with Gasteiger partial charge in [0.15, 0.2) is 9.84 Å². The van der Waals surface area contributed by atoms with Gasteiger partial charge in [-0.05, 0) is 37.2 Å². The van der Waals surface area contributed by atoms with E-state index in [4.69, 9.17) is 17.3 Å². The van der Waals surface area contributed by atoms with E-state index in [9.17, 15) is 8.42 Å². The van der Waals surface area contributed by atoms with E-state index in [0.29, 0.717) is 18.0 Å². The largest absolute Gasteiger partial charge is 0.330 e. The highest BCUT2D eigenvalue weighted by Crippen LogP contribution is 2.16.